The molecule has 2 amide bonds. The first-order chi connectivity index (χ1) is 11.2. The van der Waals surface area contributed by atoms with Gasteiger partial charge in [-0.15, -0.1) is 0 Å². The van der Waals surface area contributed by atoms with E-state index in [9.17, 15) is 9.59 Å². The Balaban J connectivity index is 1.78. The van der Waals surface area contributed by atoms with Crippen LogP contribution >= 0.6 is 0 Å². The highest BCUT2D eigenvalue weighted by Crippen LogP contribution is 2.17. The number of aromatic amines is 1. The first-order valence-corrected chi connectivity index (χ1v) is 7.86. The number of carbonyl (C=O) groups is 2. The van der Waals surface area contributed by atoms with Crippen LogP contribution < -0.4 is 5.32 Å². The summed E-state index contributed by atoms with van der Waals surface area (Å²) in [5, 5.41) is 2.82. The van der Waals surface area contributed by atoms with E-state index in [-0.39, 0.29) is 23.2 Å². The predicted octanol–water partition coefficient (Wildman–Crippen LogP) is 2.60. The molecule has 1 fully saturated rings. The number of para-hydroxylation sites is 1. The number of aromatic nitrogens is 2. The van der Waals surface area contributed by atoms with Crippen LogP contribution in [0.1, 0.15) is 45.8 Å². The molecule has 1 aliphatic rings. The van der Waals surface area contributed by atoms with Crippen LogP contribution in [0, 0.1) is 6.92 Å². The Labute approximate surface area is 134 Å². The summed E-state index contributed by atoms with van der Waals surface area (Å²) in [5.41, 5.74) is 2.08. The van der Waals surface area contributed by atoms with E-state index in [1.165, 1.54) is 6.33 Å². The highest BCUT2D eigenvalue weighted by molar-refractivity contribution is 6.10. The lowest BCUT2D eigenvalue weighted by Crippen LogP contribution is -2.36. The molecule has 0 atom stereocenters. The van der Waals surface area contributed by atoms with Gasteiger partial charge in [-0.25, -0.2) is 4.98 Å². The molecule has 1 saturated heterocycles. The number of benzene rings is 1. The Kier molecular flexibility index (Phi) is 4.41. The molecule has 1 aromatic heterocycles. The molecule has 0 spiro atoms. The van der Waals surface area contributed by atoms with E-state index in [0.717, 1.165) is 43.6 Å². The van der Waals surface area contributed by atoms with Crippen LogP contribution in [-0.4, -0.2) is 39.8 Å². The fraction of sp³-hybridized carbons (Fsp3) is 0.353. The van der Waals surface area contributed by atoms with Crippen LogP contribution in [0.5, 0.6) is 0 Å². The van der Waals surface area contributed by atoms with Crippen LogP contribution in [0.2, 0.25) is 0 Å². The fourth-order valence-electron chi connectivity index (χ4n) is 2.78. The number of imidazole rings is 1. The standard InChI is InChI=1S/C17H20N4O2/c1-12-7-3-4-8-13(12)20-16(22)14-15(19-11-18-14)17(23)21-9-5-2-6-10-21/h3-4,7-8,11H,2,5-6,9-10H2,1H3,(H,18,19)(H,20,22). The molecule has 3 rings (SSSR count). The molecular weight excluding hydrogens is 292 g/mol. The first-order valence-electron chi connectivity index (χ1n) is 7.86. The average molecular weight is 312 g/mol. The summed E-state index contributed by atoms with van der Waals surface area (Å²) < 4.78 is 0. The number of nitrogens with zero attached hydrogens (tertiary/aromatic N) is 2. The van der Waals surface area contributed by atoms with E-state index in [0.29, 0.717) is 0 Å². The monoisotopic (exact) mass is 312 g/mol. The Bertz CT molecular complexity index is 717. The summed E-state index contributed by atoms with van der Waals surface area (Å²) in [7, 11) is 0. The highest BCUT2D eigenvalue weighted by Gasteiger charge is 2.25. The van der Waals surface area contributed by atoms with Gasteiger partial charge in [0.25, 0.3) is 11.8 Å². The first kappa shape index (κ1) is 15.3. The fourth-order valence-corrected chi connectivity index (χ4v) is 2.78. The maximum atomic E-state index is 12.6. The largest absolute Gasteiger partial charge is 0.340 e. The minimum Gasteiger partial charge on any atom is -0.340 e. The molecule has 6 nitrogen and oxygen atoms in total. The number of H-pyrrole nitrogens is 1. The Hall–Kier alpha value is -2.63. The topological polar surface area (TPSA) is 78.1 Å². The van der Waals surface area contributed by atoms with E-state index in [4.69, 9.17) is 0 Å². The lowest BCUT2D eigenvalue weighted by molar-refractivity contribution is 0.0714. The third kappa shape index (κ3) is 3.26. The van der Waals surface area contributed by atoms with E-state index >= 15 is 0 Å². The zero-order valence-electron chi connectivity index (χ0n) is 13.1. The Morgan fingerprint density at radius 3 is 2.65 bits per heavy atom. The summed E-state index contributed by atoms with van der Waals surface area (Å²) in [5.74, 6) is -0.530. The molecule has 1 aliphatic heterocycles. The van der Waals surface area contributed by atoms with Gasteiger partial charge in [0.2, 0.25) is 0 Å². The minimum absolute atomic E-state index is 0.142. The number of nitrogens with one attached hydrogen (secondary N) is 2. The number of rotatable bonds is 3. The van der Waals surface area contributed by atoms with Crippen molar-refractivity contribution in [1.82, 2.24) is 14.9 Å². The quantitative estimate of drug-likeness (QED) is 0.914. The third-order valence-electron chi connectivity index (χ3n) is 4.10. The number of aryl methyl sites for hydroxylation is 1. The molecule has 2 heterocycles. The molecule has 120 valence electrons. The second-order valence-electron chi connectivity index (χ2n) is 5.75. The lowest BCUT2D eigenvalue weighted by atomic mass is 10.1. The number of hydrogen-bond acceptors (Lipinski definition) is 3. The van der Waals surface area contributed by atoms with Gasteiger partial charge in [0.05, 0.1) is 6.33 Å². The predicted molar refractivity (Wildman–Crippen MR) is 87.5 cm³/mol. The van der Waals surface area contributed by atoms with Crippen molar-refractivity contribution in [3.8, 4) is 0 Å². The Morgan fingerprint density at radius 1 is 1.17 bits per heavy atom. The van der Waals surface area contributed by atoms with Crippen molar-refractivity contribution in [3.63, 3.8) is 0 Å². The average Bonchev–Trinajstić information content (AvgIpc) is 3.07. The van der Waals surface area contributed by atoms with Crippen molar-refractivity contribution in [1.29, 1.82) is 0 Å². The van der Waals surface area contributed by atoms with E-state index < -0.39 is 0 Å². The van der Waals surface area contributed by atoms with Gasteiger partial charge < -0.3 is 15.2 Å². The molecule has 2 N–H and O–H groups in total. The number of piperidine rings is 1. The van der Waals surface area contributed by atoms with Crippen molar-refractivity contribution in [2.75, 3.05) is 18.4 Å². The number of anilines is 1. The summed E-state index contributed by atoms with van der Waals surface area (Å²) in [6.45, 7) is 3.38. The van der Waals surface area contributed by atoms with Gasteiger partial charge in [0.15, 0.2) is 5.69 Å². The number of likely N-dealkylation sites (tertiary alicyclic amines) is 1. The molecule has 0 saturated carbocycles. The van der Waals surface area contributed by atoms with E-state index in [2.05, 4.69) is 15.3 Å². The molecule has 0 radical (unpaired) electrons. The number of amides is 2. The van der Waals surface area contributed by atoms with Crippen LogP contribution in [0.15, 0.2) is 30.6 Å². The molecule has 2 aromatic rings. The van der Waals surface area contributed by atoms with Gasteiger partial charge in [-0.05, 0) is 37.8 Å². The molecule has 0 aliphatic carbocycles. The van der Waals surface area contributed by atoms with Gasteiger partial charge in [-0.3, -0.25) is 9.59 Å². The lowest BCUT2D eigenvalue weighted by Gasteiger charge is -2.26. The van der Waals surface area contributed by atoms with Gasteiger partial charge in [0, 0.05) is 18.8 Å². The summed E-state index contributed by atoms with van der Waals surface area (Å²) in [6, 6.07) is 7.50. The molecule has 6 heteroatoms. The second-order valence-corrected chi connectivity index (χ2v) is 5.75. The maximum Gasteiger partial charge on any atom is 0.276 e. The van der Waals surface area contributed by atoms with E-state index in [1.807, 2.05) is 31.2 Å². The van der Waals surface area contributed by atoms with Crippen molar-refractivity contribution in [3.05, 3.63) is 47.5 Å². The van der Waals surface area contributed by atoms with Crippen molar-refractivity contribution in [2.24, 2.45) is 0 Å². The maximum absolute atomic E-state index is 12.6. The van der Waals surface area contributed by atoms with Gasteiger partial charge >= 0.3 is 0 Å². The normalized spacial score (nSPS) is 14.6. The van der Waals surface area contributed by atoms with Crippen LogP contribution in [0.3, 0.4) is 0 Å². The van der Waals surface area contributed by atoms with Crippen molar-refractivity contribution < 1.29 is 9.59 Å². The molecule has 0 unspecified atom stereocenters. The van der Waals surface area contributed by atoms with Crippen LogP contribution in [-0.2, 0) is 0 Å². The number of carbonyl (C=O) groups excluding carboxylic acids is 2. The molecular formula is C17H20N4O2. The van der Waals surface area contributed by atoms with Crippen molar-refractivity contribution >= 4 is 17.5 Å². The summed E-state index contributed by atoms with van der Waals surface area (Å²) in [6.07, 6.45) is 4.55. The minimum atomic E-state index is -0.374. The van der Waals surface area contributed by atoms with Gasteiger partial charge in [-0.2, -0.15) is 0 Å². The Morgan fingerprint density at radius 2 is 1.91 bits per heavy atom. The molecule has 1 aromatic carbocycles. The molecule has 0 bridgehead atoms. The molecule has 23 heavy (non-hydrogen) atoms. The van der Waals surface area contributed by atoms with Crippen LogP contribution in [0.25, 0.3) is 0 Å². The van der Waals surface area contributed by atoms with Gasteiger partial charge in [-0.1, -0.05) is 18.2 Å². The smallest absolute Gasteiger partial charge is 0.276 e. The summed E-state index contributed by atoms with van der Waals surface area (Å²) in [4.78, 5) is 33.7. The summed E-state index contributed by atoms with van der Waals surface area (Å²) >= 11 is 0. The van der Waals surface area contributed by atoms with Crippen molar-refractivity contribution in [2.45, 2.75) is 26.2 Å². The van der Waals surface area contributed by atoms with E-state index in [1.54, 1.807) is 4.90 Å². The SMILES string of the molecule is Cc1ccccc1NC(=O)c1nc[nH]c1C(=O)N1CCCCC1. The number of hydrogen-bond donors (Lipinski definition) is 2. The zero-order valence-corrected chi connectivity index (χ0v) is 13.1. The second kappa shape index (κ2) is 6.64. The third-order valence-corrected chi connectivity index (χ3v) is 4.10. The highest BCUT2D eigenvalue weighted by atomic mass is 16.2. The zero-order chi connectivity index (χ0) is 16.2. The van der Waals surface area contributed by atoms with Gasteiger partial charge in [0.1, 0.15) is 5.69 Å². The van der Waals surface area contributed by atoms with Crippen LogP contribution in [0.4, 0.5) is 5.69 Å².